The molecule has 0 aliphatic heterocycles. The number of carbonyl (C=O) groups is 2. The van der Waals surface area contributed by atoms with Crippen LogP contribution in [0.2, 0.25) is 0 Å². The number of benzene rings is 1. The second-order valence-corrected chi connectivity index (χ2v) is 8.39. The maximum Gasteiger partial charge on any atom is 0.340 e. The first-order valence-electron chi connectivity index (χ1n) is 9.97. The van der Waals surface area contributed by atoms with Gasteiger partial charge in [0.25, 0.3) is 5.56 Å². The Hall–Kier alpha value is -3.13. The molecule has 31 heavy (non-hydrogen) atoms. The quantitative estimate of drug-likeness (QED) is 0.187. The monoisotopic (exact) mass is 439 g/mol. The normalized spacial score (nSPS) is 12.0. The molecule has 0 aliphatic carbocycles. The molecule has 1 unspecified atom stereocenters. The van der Waals surface area contributed by atoms with Crippen molar-refractivity contribution in [2.24, 2.45) is 0 Å². The van der Waals surface area contributed by atoms with Gasteiger partial charge >= 0.3 is 5.97 Å². The number of hydrogen-bond acceptors (Lipinski definition) is 6. The molecule has 0 spiro atoms. The first-order chi connectivity index (χ1) is 14.8. The van der Waals surface area contributed by atoms with Crippen LogP contribution in [-0.2, 0) is 11.3 Å². The average Bonchev–Trinajstić information content (AvgIpc) is 3.04. The molecule has 0 fully saturated rings. The lowest BCUT2D eigenvalue weighted by molar-refractivity contribution is 0.0525. The lowest BCUT2D eigenvalue weighted by Gasteiger charge is -2.15. The molecule has 0 amide bonds. The van der Waals surface area contributed by atoms with Crippen LogP contribution in [0.25, 0.3) is 10.9 Å². The number of esters is 1. The number of aromatic amines is 1. The highest BCUT2D eigenvalue weighted by atomic mass is 32.2. The zero-order valence-electron chi connectivity index (χ0n) is 18.0. The SMILES string of the molecule is C=CCn1c(SC(C)C(=O)c2[nH]c(C)c(C(=O)OCC)c2C)nc2ccccc2c1=O. The Balaban J connectivity index is 1.97. The van der Waals surface area contributed by atoms with E-state index < -0.39 is 11.2 Å². The molecule has 3 aromatic rings. The van der Waals surface area contributed by atoms with Crippen LogP contribution in [0.1, 0.15) is 46.0 Å². The van der Waals surface area contributed by atoms with E-state index in [0.717, 1.165) is 0 Å². The lowest BCUT2D eigenvalue weighted by Crippen LogP contribution is -2.24. The van der Waals surface area contributed by atoms with Crippen LogP contribution in [0.5, 0.6) is 0 Å². The third-order valence-corrected chi connectivity index (χ3v) is 6.04. The van der Waals surface area contributed by atoms with Crippen molar-refractivity contribution >= 4 is 34.4 Å². The third kappa shape index (κ3) is 4.34. The Morgan fingerprint density at radius 1 is 1.32 bits per heavy atom. The van der Waals surface area contributed by atoms with E-state index in [1.54, 1.807) is 52.0 Å². The van der Waals surface area contributed by atoms with Crippen molar-refractivity contribution in [3.05, 3.63) is 69.8 Å². The summed E-state index contributed by atoms with van der Waals surface area (Å²) in [5, 5.41) is 0.412. The Labute approximate surface area is 184 Å². The molecule has 0 aliphatic rings. The molecule has 0 saturated heterocycles. The molecule has 1 aromatic carbocycles. The molecule has 162 valence electrons. The van der Waals surface area contributed by atoms with Gasteiger partial charge in [-0.25, -0.2) is 9.78 Å². The minimum Gasteiger partial charge on any atom is -0.462 e. The van der Waals surface area contributed by atoms with E-state index in [1.165, 1.54) is 16.3 Å². The summed E-state index contributed by atoms with van der Waals surface area (Å²) in [7, 11) is 0. The number of aromatic nitrogens is 3. The van der Waals surface area contributed by atoms with Gasteiger partial charge in [-0.3, -0.25) is 14.2 Å². The van der Waals surface area contributed by atoms with Gasteiger partial charge in [-0.05, 0) is 45.4 Å². The number of nitrogens with one attached hydrogen (secondary N) is 1. The molecular formula is C23H25N3O4S. The highest BCUT2D eigenvalue weighted by Crippen LogP contribution is 2.27. The molecule has 1 N–H and O–H groups in total. The number of nitrogens with zero attached hydrogens (tertiary/aromatic N) is 2. The fraction of sp³-hybridized carbons (Fsp3) is 0.304. The molecule has 0 radical (unpaired) electrons. The summed E-state index contributed by atoms with van der Waals surface area (Å²) in [4.78, 5) is 46.0. The van der Waals surface area contributed by atoms with Crippen molar-refractivity contribution in [3.63, 3.8) is 0 Å². The fourth-order valence-corrected chi connectivity index (χ4v) is 4.43. The number of aryl methyl sites for hydroxylation is 1. The van der Waals surface area contributed by atoms with Crippen molar-refractivity contribution in [2.75, 3.05) is 6.61 Å². The maximum absolute atomic E-state index is 13.2. The lowest BCUT2D eigenvalue weighted by atomic mass is 10.1. The number of carbonyl (C=O) groups excluding carboxylic acids is 2. The molecular weight excluding hydrogens is 414 g/mol. The van der Waals surface area contributed by atoms with Gasteiger partial charge in [-0.2, -0.15) is 0 Å². The van der Waals surface area contributed by atoms with Crippen LogP contribution in [0.4, 0.5) is 0 Å². The topological polar surface area (TPSA) is 94.1 Å². The van der Waals surface area contributed by atoms with E-state index in [1.807, 2.05) is 6.07 Å². The van der Waals surface area contributed by atoms with E-state index in [2.05, 4.69) is 16.5 Å². The number of para-hydroxylation sites is 1. The van der Waals surface area contributed by atoms with Crippen LogP contribution in [0.3, 0.4) is 0 Å². The number of fused-ring (bicyclic) bond motifs is 1. The predicted octanol–water partition coefficient (Wildman–Crippen LogP) is 4.07. The van der Waals surface area contributed by atoms with Crippen molar-refractivity contribution in [1.29, 1.82) is 0 Å². The van der Waals surface area contributed by atoms with Crippen molar-refractivity contribution in [3.8, 4) is 0 Å². The van der Waals surface area contributed by atoms with Crippen LogP contribution < -0.4 is 5.56 Å². The number of ketones is 1. The Morgan fingerprint density at radius 3 is 2.71 bits per heavy atom. The number of ether oxygens (including phenoxy) is 1. The van der Waals surface area contributed by atoms with Crippen LogP contribution in [-0.4, -0.2) is 38.1 Å². The molecule has 0 saturated carbocycles. The molecule has 7 nitrogen and oxygen atoms in total. The highest BCUT2D eigenvalue weighted by molar-refractivity contribution is 8.00. The zero-order valence-corrected chi connectivity index (χ0v) is 18.8. The van der Waals surface area contributed by atoms with Crippen LogP contribution in [0, 0.1) is 13.8 Å². The van der Waals surface area contributed by atoms with Crippen molar-refractivity contribution in [2.45, 2.75) is 44.6 Å². The summed E-state index contributed by atoms with van der Waals surface area (Å²) >= 11 is 1.20. The second kappa shape index (κ2) is 9.34. The van der Waals surface area contributed by atoms with Gasteiger partial charge in [0, 0.05) is 12.2 Å². The number of Topliss-reactive ketones (excluding diaryl/α,β-unsaturated/α-hetero) is 1. The Morgan fingerprint density at radius 2 is 2.03 bits per heavy atom. The summed E-state index contributed by atoms with van der Waals surface area (Å²) < 4.78 is 6.62. The number of hydrogen-bond donors (Lipinski definition) is 1. The molecule has 0 bridgehead atoms. The summed E-state index contributed by atoms with van der Waals surface area (Å²) in [5.41, 5.74) is 2.29. The van der Waals surface area contributed by atoms with E-state index in [9.17, 15) is 14.4 Å². The van der Waals surface area contributed by atoms with Gasteiger partial charge < -0.3 is 9.72 Å². The Bertz CT molecular complexity index is 1230. The van der Waals surface area contributed by atoms with Crippen molar-refractivity contribution < 1.29 is 14.3 Å². The third-order valence-electron chi connectivity index (χ3n) is 4.95. The summed E-state index contributed by atoms with van der Waals surface area (Å²) in [6.45, 7) is 11.2. The van der Waals surface area contributed by atoms with Gasteiger partial charge in [0.15, 0.2) is 10.9 Å². The maximum atomic E-state index is 13.2. The minimum absolute atomic E-state index is 0.177. The standard InChI is InChI=1S/C23H25N3O4S/c1-6-12-26-21(28)16-10-8-9-11-17(16)25-23(26)31-15(5)20(27)19-13(3)18(14(4)24-19)22(29)30-7-2/h6,8-11,15,24H,1,7,12H2,2-5H3. The van der Waals surface area contributed by atoms with E-state index in [4.69, 9.17) is 4.74 Å². The number of rotatable bonds is 8. The van der Waals surface area contributed by atoms with Gasteiger partial charge in [-0.1, -0.05) is 30.0 Å². The second-order valence-electron chi connectivity index (χ2n) is 7.09. The molecule has 8 heteroatoms. The van der Waals surface area contributed by atoms with Gasteiger partial charge in [0.2, 0.25) is 0 Å². The molecule has 2 heterocycles. The largest absolute Gasteiger partial charge is 0.462 e. The first-order valence-corrected chi connectivity index (χ1v) is 10.9. The molecule has 1 atom stereocenters. The summed E-state index contributed by atoms with van der Waals surface area (Å²) in [6.07, 6.45) is 1.62. The Kier molecular flexibility index (Phi) is 6.80. The average molecular weight is 440 g/mol. The van der Waals surface area contributed by atoms with Gasteiger partial charge in [0.05, 0.1) is 34.0 Å². The zero-order chi connectivity index (χ0) is 22.7. The van der Waals surface area contributed by atoms with Crippen molar-refractivity contribution in [1.82, 2.24) is 14.5 Å². The van der Waals surface area contributed by atoms with Gasteiger partial charge in [0.1, 0.15) is 0 Å². The fourth-order valence-electron chi connectivity index (χ4n) is 3.45. The highest BCUT2D eigenvalue weighted by Gasteiger charge is 2.27. The van der Waals surface area contributed by atoms with Gasteiger partial charge in [-0.15, -0.1) is 6.58 Å². The first kappa shape index (κ1) is 22.6. The number of allylic oxidation sites excluding steroid dienone is 1. The minimum atomic E-state index is -0.545. The van der Waals surface area contributed by atoms with E-state index in [-0.39, 0.29) is 24.5 Å². The number of H-pyrrole nitrogens is 1. The molecule has 3 rings (SSSR count). The number of thioether (sulfide) groups is 1. The summed E-state index contributed by atoms with van der Waals surface area (Å²) in [6, 6.07) is 7.11. The van der Waals surface area contributed by atoms with Crippen LogP contribution >= 0.6 is 11.8 Å². The van der Waals surface area contributed by atoms with E-state index >= 15 is 0 Å². The van der Waals surface area contributed by atoms with Crippen LogP contribution in [0.15, 0.2) is 46.9 Å². The molecule has 2 aromatic heterocycles. The smallest absolute Gasteiger partial charge is 0.340 e. The summed E-state index contributed by atoms with van der Waals surface area (Å²) in [5.74, 6) is -0.641. The van der Waals surface area contributed by atoms with E-state index in [0.29, 0.717) is 38.6 Å². The predicted molar refractivity (Wildman–Crippen MR) is 122 cm³/mol.